The highest BCUT2D eigenvalue weighted by Gasteiger charge is 2.20. The van der Waals surface area contributed by atoms with Gasteiger partial charge >= 0.3 is 6.03 Å². The molecule has 148 valence electrons. The fourth-order valence-electron chi connectivity index (χ4n) is 3.24. The molecule has 1 aliphatic heterocycles. The Kier molecular flexibility index (Phi) is 6.60. The number of nitrogens with zero attached hydrogens (tertiary/aromatic N) is 3. The highest BCUT2D eigenvalue weighted by molar-refractivity contribution is 5.97. The first kappa shape index (κ1) is 19.8. The molecule has 1 aromatic heterocycles. The molecule has 7 heteroatoms. The normalized spacial score (nSPS) is 15.7. The molecule has 1 aliphatic rings. The van der Waals surface area contributed by atoms with Crippen LogP contribution in [-0.4, -0.2) is 66.0 Å². The van der Waals surface area contributed by atoms with Crippen molar-refractivity contribution in [3.8, 4) is 0 Å². The Morgan fingerprint density at radius 1 is 1.14 bits per heavy atom. The Labute approximate surface area is 165 Å². The maximum absolute atomic E-state index is 12.7. The summed E-state index contributed by atoms with van der Waals surface area (Å²) >= 11 is 0. The minimum absolute atomic E-state index is 0.00195. The molecule has 2 aromatic rings. The van der Waals surface area contributed by atoms with E-state index in [0.717, 1.165) is 31.7 Å². The van der Waals surface area contributed by atoms with Crippen LogP contribution in [0.4, 0.5) is 10.5 Å². The number of carbonyl (C=O) groups is 2. The lowest BCUT2D eigenvalue weighted by molar-refractivity contribution is 0.0664. The zero-order chi connectivity index (χ0) is 19.9. The van der Waals surface area contributed by atoms with E-state index >= 15 is 0 Å². The minimum Gasteiger partial charge on any atom is -0.336 e. The van der Waals surface area contributed by atoms with E-state index in [1.165, 1.54) is 0 Å². The van der Waals surface area contributed by atoms with Crippen LogP contribution in [0.3, 0.4) is 0 Å². The summed E-state index contributed by atoms with van der Waals surface area (Å²) < 4.78 is 0. The summed E-state index contributed by atoms with van der Waals surface area (Å²) in [5, 5.41) is 5.73. The van der Waals surface area contributed by atoms with Gasteiger partial charge in [-0.05, 0) is 50.2 Å². The third-order valence-electron chi connectivity index (χ3n) is 4.80. The van der Waals surface area contributed by atoms with Crippen LogP contribution in [-0.2, 0) is 6.42 Å². The molecular weight excluding hydrogens is 354 g/mol. The largest absolute Gasteiger partial charge is 0.336 e. The quantitative estimate of drug-likeness (QED) is 0.833. The number of amides is 3. The molecule has 0 aliphatic carbocycles. The molecule has 1 aromatic carbocycles. The van der Waals surface area contributed by atoms with Crippen molar-refractivity contribution in [2.45, 2.75) is 19.4 Å². The number of hydrogen-bond acceptors (Lipinski definition) is 4. The van der Waals surface area contributed by atoms with E-state index in [1.54, 1.807) is 36.7 Å². The number of urea groups is 1. The van der Waals surface area contributed by atoms with Crippen molar-refractivity contribution in [3.63, 3.8) is 0 Å². The van der Waals surface area contributed by atoms with Gasteiger partial charge in [0.2, 0.25) is 0 Å². The van der Waals surface area contributed by atoms with Gasteiger partial charge in [-0.15, -0.1) is 0 Å². The second-order valence-electron chi connectivity index (χ2n) is 7.24. The monoisotopic (exact) mass is 381 g/mol. The zero-order valence-electron chi connectivity index (χ0n) is 16.4. The Morgan fingerprint density at radius 2 is 1.93 bits per heavy atom. The molecule has 1 saturated heterocycles. The number of benzene rings is 1. The molecular formula is C21H27N5O2. The third kappa shape index (κ3) is 5.53. The average molecular weight is 381 g/mol. The number of nitrogens with one attached hydrogen (secondary N) is 2. The van der Waals surface area contributed by atoms with E-state index in [2.05, 4.69) is 27.6 Å². The zero-order valence-corrected chi connectivity index (χ0v) is 16.4. The van der Waals surface area contributed by atoms with Crippen LogP contribution < -0.4 is 10.6 Å². The molecule has 1 fully saturated rings. The van der Waals surface area contributed by atoms with Gasteiger partial charge in [-0.25, -0.2) is 4.79 Å². The van der Waals surface area contributed by atoms with Gasteiger partial charge in [0.15, 0.2) is 0 Å². The standard InChI is InChI=1S/C21H27N5O2/c1-16(13-17-5-4-8-22-15-17)23-21(28)24-19-7-3-6-18(14-19)20(27)26-11-9-25(2)10-12-26/h3-8,14-16H,9-13H2,1-2H3,(H2,23,24,28)/t16-/m0/s1. The molecule has 0 saturated carbocycles. The molecule has 3 rings (SSSR count). The predicted molar refractivity (Wildman–Crippen MR) is 109 cm³/mol. The fourth-order valence-corrected chi connectivity index (χ4v) is 3.24. The van der Waals surface area contributed by atoms with E-state index in [1.807, 2.05) is 24.0 Å². The Hall–Kier alpha value is -2.93. The minimum atomic E-state index is -0.291. The number of rotatable bonds is 5. The first-order valence-corrected chi connectivity index (χ1v) is 9.55. The van der Waals surface area contributed by atoms with Crippen LogP contribution in [0.5, 0.6) is 0 Å². The molecule has 0 bridgehead atoms. The van der Waals surface area contributed by atoms with E-state index in [-0.39, 0.29) is 18.0 Å². The number of hydrogen-bond donors (Lipinski definition) is 2. The predicted octanol–water partition coefficient (Wildman–Crippen LogP) is 2.22. The van der Waals surface area contributed by atoms with E-state index in [0.29, 0.717) is 17.7 Å². The Bertz CT molecular complexity index is 803. The Balaban J connectivity index is 1.55. The second-order valence-corrected chi connectivity index (χ2v) is 7.24. The topological polar surface area (TPSA) is 77.6 Å². The van der Waals surface area contributed by atoms with Crippen molar-refractivity contribution in [2.75, 3.05) is 38.5 Å². The summed E-state index contributed by atoms with van der Waals surface area (Å²) in [6, 6.07) is 10.6. The highest BCUT2D eigenvalue weighted by Crippen LogP contribution is 2.14. The maximum atomic E-state index is 12.7. The van der Waals surface area contributed by atoms with Crippen molar-refractivity contribution in [1.82, 2.24) is 20.1 Å². The number of likely N-dealkylation sites (N-methyl/N-ethyl adjacent to an activating group) is 1. The summed E-state index contributed by atoms with van der Waals surface area (Å²) in [4.78, 5) is 33.1. The molecule has 2 heterocycles. The lowest BCUT2D eigenvalue weighted by Crippen LogP contribution is -2.47. The van der Waals surface area contributed by atoms with Crippen LogP contribution in [0.25, 0.3) is 0 Å². The summed E-state index contributed by atoms with van der Waals surface area (Å²) in [5.41, 5.74) is 2.26. The number of anilines is 1. The van der Waals surface area contributed by atoms with Crippen molar-refractivity contribution < 1.29 is 9.59 Å². The summed E-state index contributed by atoms with van der Waals surface area (Å²) in [5.74, 6) is 0.00195. The molecule has 1 atom stereocenters. The van der Waals surface area contributed by atoms with Crippen molar-refractivity contribution in [2.24, 2.45) is 0 Å². The highest BCUT2D eigenvalue weighted by atomic mass is 16.2. The Morgan fingerprint density at radius 3 is 2.64 bits per heavy atom. The van der Waals surface area contributed by atoms with Crippen LogP contribution in [0, 0.1) is 0 Å². The van der Waals surface area contributed by atoms with Gasteiger partial charge in [0, 0.05) is 55.9 Å². The van der Waals surface area contributed by atoms with Crippen LogP contribution in [0.15, 0.2) is 48.8 Å². The third-order valence-corrected chi connectivity index (χ3v) is 4.80. The molecule has 7 nitrogen and oxygen atoms in total. The fraction of sp³-hybridized carbons (Fsp3) is 0.381. The first-order chi connectivity index (χ1) is 13.5. The molecule has 0 radical (unpaired) electrons. The van der Waals surface area contributed by atoms with Gasteiger partial charge < -0.3 is 20.4 Å². The van der Waals surface area contributed by atoms with Gasteiger partial charge in [0.25, 0.3) is 5.91 Å². The van der Waals surface area contributed by atoms with Crippen molar-refractivity contribution in [3.05, 3.63) is 59.9 Å². The number of pyridine rings is 1. The first-order valence-electron chi connectivity index (χ1n) is 9.55. The summed E-state index contributed by atoms with van der Waals surface area (Å²) in [7, 11) is 2.06. The number of piperazine rings is 1. The van der Waals surface area contributed by atoms with Gasteiger partial charge in [-0.1, -0.05) is 12.1 Å². The van der Waals surface area contributed by atoms with Crippen LogP contribution in [0.2, 0.25) is 0 Å². The van der Waals surface area contributed by atoms with Crippen molar-refractivity contribution in [1.29, 1.82) is 0 Å². The smallest absolute Gasteiger partial charge is 0.319 e. The van der Waals surface area contributed by atoms with Gasteiger partial charge in [0.05, 0.1) is 0 Å². The molecule has 3 amide bonds. The van der Waals surface area contributed by atoms with Crippen molar-refractivity contribution >= 4 is 17.6 Å². The molecule has 0 unspecified atom stereocenters. The number of aromatic nitrogens is 1. The van der Waals surface area contributed by atoms with E-state index < -0.39 is 0 Å². The second kappa shape index (κ2) is 9.32. The van der Waals surface area contributed by atoms with Gasteiger partial charge in [-0.3, -0.25) is 9.78 Å². The number of carbonyl (C=O) groups excluding carboxylic acids is 2. The lowest BCUT2D eigenvalue weighted by atomic mass is 10.1. The lowest BCUT2D eigenvalue weighted by Gasteiger charge is -2.32. The van der Waals surface area contributed by atoms with Crippen LogP contribution in [0.1, 0.15) is 22.8 Å². The molecule has 28 heavy (non-hydrogen) atoms. The molecule has 0 spiro atoms. The van der Waals surface area contributed by atoms with E-state index in [4.69, 9.17) is 0 Å². The maximum Gasteiger partial charge on any atom is 0.319 e. The SMILES string of the molecule is C[C@@H](Cc1cccnc1)NC(=O)Nc1cccc(C(=O)N2CCN(C)CC2)c1. The van der Waals surface area contributed by atoms with E-state index in [9.17, 15) is 9.59 Å². The summed E-state index contributed by atoms with van der Waals surface area (Å²) in [6.45, 7) is 5.14. The van der Waals surface area contributed by atoms with Gasteiger partial charge in [0.1, 0.15) is 0 Å². The summed E-state index contributed by atoms with van der Waals surface area (Å²) in [6.07, 6.45) is 4.22. The molecule has 2 N–H and O–H groups in total. The average Bonchev–Trinajstić information content (AvgIpc) is 2.69. The van der Waals surface area contributed by atoms with Crippen LogP contribution >= 0.6 is 0 Å². The van der Waals surface area contributed by atoms with Gasteiger partial charge in [-0.2, -0.15) is 0 Å².